The summed E-state index contributed by atoms with van der Waals surface area (Å²) in [6.45, 7) is 5.86. The maximum Gasteiger partial charge on any atom is 0.238 e. The van der Waals surface area contributed by atoms with Crippen LogP contribution in [0.3, 0.4) is 0 Å². The predicted octanol–water partition coefficient (Wildman–Crippen LogP) is 2.82. The minimum absolute atomic E-state index is 0.216. The van der Waals surface area contributed by atoms with Crippen molar-refractivity contribution in [2.24, 2.45) is 5.73 Å². The second kappa shape index (κ2) is 7.17. The van der Waals surface area contributed by atoms with Crippen LogP contribution in [0.1, 0.15) is 26.3 Å². The second-order valence-corrected chi connectivity index (χ2v) is 6.54. The van der Waals surface area contributed by atoms with Gasteiger partial charge in [0.2, 0.25) is 5.91 Å². The summed E-state index contributed by atoms with van der Waals surface area (Å²) in [5, 5.41) is 3.97. The van der Waals surface area contributed by atoms with Gasteiger partial charge in [-0.25, -0.2) is 0 Å². The molecule has 0 fully saturated rings. The molecule has 1 rings (SSSR count). The molecule has 0 aliphatic rings. The number of hydrogen-bond acceptors (Lipinski definition) is 3. The van der Waals surface area contributed by atoms with Crippen LogP contribution in [-0.2, 0) is 10.5 Å². The van der Waals surface area contributed by atoms with Crippen LogP contribution in [-0.4, -0.2) is 23.2 Å². The Bertz CT molecular complexity index is 422. The van der Waals surface area contributed by atoms with E-state index >= 15 is 0 Å². The highest BCUT2D eigenvalue weighted by molar-refractivity contribution is 7.98. The molecule has 0 saturated carbocycles. The lowest BCUT2D eigenvalue weighted by atomic mass is 10.0. The van der Waals surface area contributed by atoms with E-state index in [1.165, 1.54) is 5.56 Å². The maximum absolute atomic E-state index is 11.6. The first kappa shape index (κ1) is 16.3. The fourth-order valence-electron chi connectivity index (χ4n) is 1.77. The number of halogens is 1. The third kappa shape index (κ3) is 5.43. The quantitative estimate of drug-likeness (QED) is 0.814. The van der Waals surface area contributed by atoms with E-state index < -0.39 is 5.54 Å². The largest absolute Gasteiger partial charge is 0.368 e. The SMILES string of the molecule is CC(C)NC(C)(CSCc1ccc(Cl)cc1)C(N)=O. The Morgan fingerprint density at radius 1 is 1.42 bits per heavy atom. The number of benzene rings is 1. The highest BCUT2D eigenvalue weighted by Gasteiger charge is 2.31. The van der Waals surface area contributed by atoms with Crippen molar-refractivity contribution in [2.75, 3.05) is 5.75 Å². The molecule has 0 heterocycles. The van der Waals surface area contributed by atoms with Gasteiger partial charge in [-0.3, -0.25) is 4.79 Å². The number of rotatable bonds is 7. The van der Waals surface area contributed by atoms with E-state index in [4.69, 9.17) is 17.3 Å². The summed E-state index contributed by atoms with van der Waals surface area (Å²) >= 11 is 7.52. The van der Waals surface area contributed by atoms with E-state index in [0.29, 0.717) is 5.75 Å². The van der Waals surface area contributed by atoms with Gasteiger partial charge in [0.25, 0.3) is 0 Å². The lowest BCUT2D eigenvalue weighted by Crippen LogP contribution is -2.57. The van der Waals surface area contributed by atoms with Crippen molar-refractivity contribution in [1.29, 1.82) is 0 Å². The Balaban J connectivity index is 2.53. The Labute approximate surface area is 124 Å². The number of amides is 1. The summed E-state index contributed by atoms with van der Waals surface area (Å²) < 4.78 is 0. The average molecular weight is 301 g/mol. The smallest absolute Gasteiger partial charge is 0.238 e. The molecule has 1 aromatic rings. The molecule has 1 aromatic carbocycles. The van der Waals surface area contributed by atoms with E-state index in [0.717, 1.165) is 10.8 Å². The number of nitrogens with one attached hydrogen (secondary N) is 1. The van der Waals surface area contributed by atoms with Crippen molar-refractivity contribution in [2.45, 2.75) is 38.1 Å². The van der Waals surface area contributed by atoms with E-state index in [1.807, 2.05) is 45.0 Å². The standard InChI is InChI=1S/C14H21ClN2OS/c1-10(2)17-14(3,13(16)18)9-19-8-11-4-6-12(15)7-5-11/h4-7,10,17H,8-9H2,1-3H3,(H2,16,18). The molecule has 1 unspecified atom stereocenters. The summed E-state index contributed by atoms with van der Waals surface area (Å²) in [4.78, 5) is 11.6. The zero-order chi connectivity index (χ0) is 14.5. The van der Waals surface area contributed by atoms with Crippen LogP contribution >= 0.6 is 23.4 Å². The number of thioether (sulfide) groups is 1. The number of primary amides is 1. The van der Waals surface area contributed by atoms with Crippen LogP contribution in [0.2, 0.25) is 5.02 Å². The molecule has 1 atom stereocenters. The molecule has 0 radical (unpaired) electrons. The summed E-state index contributed by atoms with van der Waals surface area (Å²) in [7, 11) is 0. The van der Waals surface area contributed by atoms with Gasteiger partial charge in [0.15, 0.2) is 0 Å². The highest BCUT2D eigenvalue weighted by Crippen LogP contribution is 2.20. The van der Waals surface area contributed by atoms with Gasteiger partial charge in [0.1, 0.15) is 5.54 Å². The van der Waals surface area contributed by atoms with Crippen LogP contribution in [0, 0.1) is 0 Å². The molecule has 0 saturated heterocycles. The molecule has 5 heteroatoms. The van der Waals surface area contributed by atoms with E-state index in [9.17, 15) is 4.79 Å². The monoisotopic (exact) mass is 300 g/mol. The molecule has 1 amide bonds. The minimum atomic E-state index is -0.675. The summed E-state index contributed by atoms with van der Waals surface area (Å²) in [6.07, 6.45) is 0. The van der Waals surface area contributed by atoms with Gasteiger partial charge >= 0.3 is 0 Å². The lowest BCUT2D eigenvalue weighted by Gasteiger charge is -2.29. The van der Waals surface area contributed by atoms with Crippen molar-refractivity contribution in [1.82, 2.24) is 5.32 Å². The van der Waals surface area contributed by atoms with Gasteiger partial charge in [-0.1, -0.05) is 23.7 Å². The summed E-state index contributed by atoms with van der Waals surface area (Å²) in [5.74, 6) is 1.16. The van der Waals surface area contributed by atoms with Crippen LogP contribution in [0.4, 0.5) is 0 Å². The van der Waals surface area contributed by atoms with Crippen LogP contribution in [0.25, 0.3) is 0 Å². The minimum Gasteiger partial charge on any atom is -0.368 e. The number of carbonyl (C=O) groups excluding carboxylic acids is 1. The molecular formula is C14H21ClN2OS. The fraction of sp³-hybridized carbons (Fsp3) is 0.500. The molecule has 3 nitrogen and oxygen atoms in total. The molecule has 0 spiro atoms. The van der Waals surface area contributed by atoms with Crippen LogP contribution in [0.15, 0.2) is 24.3 Å². The molecule has 106 valence electrons. The molecule has 0 bridgehead atoms. The van der Waals surface area contributed by atoms with Crippen molar-refractivity contribution in [3.63, 3.8) is 0 Å². The number of hydrogen-bond donors (Lipinski definition) is 2. The Morgan fingerprint density at radius 3 is 2.47 bits per heavy atom. The zero-order valence-electron chi connectivity index (χ0n) is 11.6. The van der Waals surface area contributed by atoms with Crippen molar-refractivity contribution < 1.29 is 4.79 Å². The van der Waals surface area contributed by atoms with Gasteiger partial charge in [-0.2, -0.15) is 11.8 Å². The van der Waals surface area contributed by atoms with Gasteiger partial charge < -0.3 is 11.1 Å². The van der Waals surface area contributed by atoms with Crippen LogP contribution < -0.4 is 11.1 Å². The van der Waals surface area contributed by atoms with Gasteiger partial charge in [-0.15, -0.1) is 0 Å². The Hall–Kier alpha value is -0.710. The highest BCUT2D eigenvalue weighted by atomic mass is 35.5. The van der Waals surface area contributed by atoms with E-state index in [1.54, 1.807) is 11.8 Å². The molecule has 0 aliphatic carbocycles. The predicted molar refractivity (Wildman–Crippen MR) is 83.5 cm³/mol. The van der Waals surface area contributed by atoms with Crippen molar-refractivity contribution in [3.8, 4) is 0 Å². The van der Waals surface area contributed by atoms with Crippen LogP contribution in [0.5, 0.6) is 0 Å². The second-order valence-electron chi connectivity index (χ2n) is 5.11. The number of carbonyl (C=O) groups is 1. The zero-order valence-corrected chi connectivity index (χ0v) is 13.1. The van der Waals surface area contributed by atoms with Gasteiger partial charge in [-0.05, 0) is 38.5 Å². The molecular weight excluding hydrogens is 280 g/mol. The van der Waals surface area contributed by atoms with E-state index in [2.05, 4.69) is 5.32 Å². The first-order valence-electron chi connectivity index (χ1n) is 6.23. The maximum atomic E-state index is 11.6. The fourth-order valence-corrected chi connectivity index (χ4v) is 3.06. The molecule has 0 aromatic heterocycles. The third-order valence-corrected chi connectivity index (χ3v) is 4.29. The first-order valence-corrected chi connectivity index (χ1v) is 7.76. The third-order valence-electron chi connectivity index (χ3n) is 2.72. The summed E-state index contributed by atoms with van der Waals surface area (Å²) in [6, 6.07) is 7.95. The summed E-state index contributed by atoms with van der Waals surface area (Å²) in [5.41, 5.74) is 6.00. The van der Waals surface area contributed by atoms with Gasteiger partial charge in [0.05, 0.1) is 0 Å². The molecule has 3 N–H and O–H groups in total. The molecule has 19 heavy (non-hydrogen) atoms. The topological polar surface area (TPSA) is 55.1 Å². The van der Waals surface area contributed by atoms with Gasteiger partial charge in [0, 0.05) is 22.6 Å². The lowest BCUT2D eigenvalue weighted by molar-refractivity contribution is -0.123. The normalized spacial score (nSPS) is 14.4. The Morgan fingerprint density at radius 2 is 2.00 bits per heavy atom. The molecule has 0 aliphatic heterocycles. The van der Waals surface area contributed by atoms with E-state index in [-0.39, 0.29) is 11.9 Å². The Kier molecular flexibility index (Phi) is 6.17. The average Bonchev–Trinajstić information content (AvgIpc) is 2.30. The van der Waals surface area contributed by atoms with Crippen molar-refractivity contribution >= 4 is 29.3 Å². The number of nitrogens with two attached hydrogens (primary N) is 1. The van der Waals surface area contributed by atoms with Crippen molar-refractivity contribution in [3.05, 3.63) is 34.9 Å². The first-order chi connectivity index (χ1) is 8.83.